The molecule has 1 aliphatic rings. The molecule has 1 heterocycles. The van der Waals surface area contributed by atoms with Crippen LogP contribution in [-0.4, -0.2) is 27.0 Å². The Morgan fingerprint density at radius 1 is 1.14 bits per heavy atom. The molecule has 114 valence electrons. The van der Waals surface area contributed by atoms with Crippen LogP contribution in [0.3, 0.4) is 0 Å². The highest BCUT2D eigenvalue weighted by atomic mass is 16.7. The van der Waals surface area contributed by atoms with Crippen molar-refractivity contribution >= 4 is 6.29 Å². The zero-order valence-electron chi connectivity index (χ0n) is 12.2. The van der Waals surface area contributed by atoms with Gasteiger partial charge in [-0.2, -0.15) is 0 Å². The van der Waals surface area contributed by atoms with E-state index in [1.165, 1.54) is 0 Å². The predicted octanol–water partition coefficient (Wildman–Crippen LogP) is 2.80. The molecular weight excluding hydrogens is 284 g/mol. The molecule has 22 heavy (non-hydrogen) atoms. The first-order valence-electron chi connectivity index (χ1n) is 6.88. The van der Waals surface area contributed by atoms with Crippen LogP contribution in [0.4, 0.5) is 0 Å². The number of carbonyl (C=O) groups is 1. The van der Waals surface area contributed by atoms with Crippen LogP contribution >= 0.6 is 0 Å². The van der Waals surface area contributed by atoms with Crippen LogP contribution in [0.2, 0.25) is 0 Å². The Kier molecular flexibility index (Phi) is 4.25. The van der Waals surface area contributed by atoms with Crippen LogP contribution in [0.15, 0.2) is 36.4 Å². The molecule has 0 amide bonds. The van der Waals surface area contributed by atoms with Crippen molar-refractivity contribution in [2.75, 3.05) is 20.7 Å². The molecule has 0 saturated heterocycles. The normalized spacial score (nSPS) is 12.2. The summed E-state index contributed by atoms with van der Waals surface area (Å²) < 4.78 is 21.2. The number of ether oxygens (including phenoxy) is 4. The molecular formula is C17H16O5. The van der Waals surface area contributed by atoms with Gasteiger partial charge >= 0.3 is 0 Å². The van der Waals surface area contributed by atoms with Gasteiger partial charge in [0.05, 0.1) is 0 Å². The Bertz CT molecular complexity index is 681. The summed E-state index contributed by atoms with van der Waals surface area (Å²) in [6.45, 7) is 0.413. The number of aldehydes is 1. The smallest absolute Gasteiger partial charge is 0.231 e. The summed E-state index contributed by atoms with van der Waals surface area (Å²) in [5.41, 5.74) is 2.58. The van der Waals surface area contributed by atoms with E-state index in [2.05, 4.69) is 0 Å². The molecule has 2 aromatic rings. The van der Waals surface area contributed by atoms with Gasteiger partial charge in [-0.3, -0.25) is 4.79 Å². The molecule has 2 aromatic carbocycles. The largest absolute Gasteiger partial charge is 0.467 e. The van der Waals surface area contributed by atoms with Gasteiger partial charge in [-0.05, 0) is 41.5 Å². The molecule has 0 bridgehead atoms. The molecule has 0 atom stereocenters. The van der Waals surface area contributed by atoms with Crippen LogP contribution in [0.25, 0.3) is 0 Å². The van der Waals surface area contributed by atoms with Gasteiger partial charge in [0.25, 0.3) is 0 Å². The lowest BCUT2D eigenvalue weighted by Crippen LogP contribution is -2.03. The fourth-order valence-corrected chi connectivity index (χ4v) is 2.34. The molecule has 0 aliphatic carbocycles. The lowest BCUT2D eigenvalue weighted by Gasteiger charge is -2.12. The van der Waals surface area contributed by atoms with Crippen molar-refractivity contribution in [3.8, 4) is 17.2 Å². The molecule has 0 radical (unpaired) electrons. The summed E-state index contributed by atoms with van der Waals surface area (Å²) in [5.74, 6) is 2.19. The van der Waals surface area contributed by atoms with Crippen molar-refractivity contribution in [3.05, 3.63) is 53.1 Å². The Morgan fingerprint density at radius 2 is 2.00 bits per heavy atom. The van der Waals surface area contributed by atoms with Crippen LogP contribution in [0.5, 0.6) is 17.2 Å². The molecule has 0 spiro atoms. The van der Waals surface area contributed by atoms with Crippen molar-refractivity contribution in [1.82, 2.24) is 0 Å². The lowest BCUT2D eigenvalue weighted by molar-refractivity contribution is 0.0505. The average molecular weight is 300 g/mol. The Morgan fingerprint density at radius 3 is 2.82 bits per heavy atom. The highest BCUT2D eigenvalue weighted by Gasteiger charge is 2.14. The second-order valence-corrected chi connectivity index (χ2v) is 4.90. The molecule has 0 N–H and O–H groups in total. The lowest BCUT2D eigenvalue weighted by atomic mass is 10.0. The zero-order chi connectivity index (χ0) is 15.4. The molecule has 5 nitrogen and oxygen atoms in total. The number of methoxy groups -OCH3 is 1. The maximum atomic E-state index is 11.0. The van der Waals surface area contributed by atoms with Gasteiger partial charge in [0.1, 0.15) is 12.0 Å². The van der Waals surface area contributed by atoms with E-state index in [1.807, 2.05) is 24.3 Å². The number of fused-ring (bicyclic) bond motifs is 1. The number of rotatable bonds is 6. The third-order valence-electron chi connectivity index (χ3n) is 3.38. The minimum atomic E-state index is 0.161. The molecule has 0 saturated carbocycles. The van der Waals surface area contributed by atoms with Crippen LogP contribution in [0, 0.1) is 0 Å². The van der Waals surface area contributed by atoms with Gasteiger partial charge < -0.3 is 18.9 Å². The van der Waals surface area contributed by atoms with Crippen LogP contribution < -0.4 is 14.2 Å². The highest BCUT2D eigenvalue weighted by Crippen LogP contribution is 2.34. The van der Waals surface area contributed by atoms with Crippen molar-refractivity contribution in [3.63, 3.8) is 0 Å². The van der Waals surface area contributed by atoms with Gasteiger partial charge in [0, 0.05) is 19.1 Å². The maximum Gasteiger partial charge on any atom is 0.231 e. The molecule has 1 aliphatic heterocycles. The minimum Gasteiger partial charge on any atom is -0.467 e. The predicted molar refractivity (Wildman–Crippen MR) is 79.7 cm³/mol. The first-order valence-corrected chi connectivity index (χ1v) is 6.88. The minimum absolute atomic E-state index is 0.161. The van der Waals surface area contributed by atoms with E-state index in [0.717, 1.165) is 28.9 Å². The summed E-state index contributed by atoms with van der Waals surface area (Å²) in [6.07, 6.45) is 1.45. The number of hydrogen-bond acceptors (Lipinski definition) is 5. The third kappa shape index (κ3) is 3.04. The highest BCUT2D eigenvalue weighted by molar-refractivity contribution is 5.75. The second kappa shape index (κ2) is 6.49. The summed E-state index contributed by atoms with van der Waals surface area (Å²) in [7, 11) is 1.57. The summed E-state index contributed by atoms with van der Waals surface area (Å²) in [5, 5.41) is 0. The molecule has 5 heteroatoms. The van der Waals surface area contributed by atoms with E-state index in [9.17, 15) is 4.79 Å². The third-order valence-corrected chi connectivity index (χ3v) is 3.38. The fraction of sp³-hybridized carbons (Fsp3) is 0.235. The van der Waals surface area contributed by atoms with E-state index in [-0.39, 0.29) is 13.6 Å². The van der Waals surface area contributed by atoms with Crippen molar-refractivity contribution < 1.29 is 23.7 Å². The Hall–Kier alpha value is -2.53. The Labute approximate surface area is 128 Å². The van der Waals surface area contributed by atoms with E-state index >= 15 is 0 Å². The van der Waals surface area contributed by atoms with Gasteiger partial charge in [-0.1, -0.05) is 6.07 Å². The van der Waals surface area contributed by atoms with Gasteiger partial charge in [-0.15, -0.1) is 0 Å². The molecule has 0 aromatic heterocycles. The van der Waals surface area contributed by atoms with Gasteiger partial charge in [0.2, 0.25) is 6.79 Å². The summed E-state index contributed by atoms with van der Waals surface area (Å²) in [4.78, 5) is 11.0. The summed E-state index contributed by atoms with van der Waals surface area (Å²) in [6, 6.07) is 11.1. The number of carbonyl (C=O) groups excluding carboxylic acids is 1. The van der Waals surface area contributed by atoms with Gasteiger partial charge in [-0.25, -0.2) is 0 Å². The Balaban J connectivity index is 1.87. The van der Waals surface area contributed by atoms with Gasteiger partial charge in [0.15, 0.2) is 18.3 Å². The SMILES string of the molecule is COCOc1ccc(C=O)cc1Cc1ccc2c(c1)OCO2. The maximum absolute atomic E-state index is 11.0. The first kappa shape index (κ1) is 14.4. The molecule has 0 unspecified atom stereocenters. The van der Waals surface area contributed by atoms with Crippen molar-refractivity contribution in [2.45, 2.75) is 6.42 Å². The fourth-order valence-electron chi connectivity index (χ4n) is 2.34. The quantitative estimate of drug-likeness (QED) is 0.606. The topological polar surface area (TPSA) is 54.0 Å². The van der Waals surface area contributed by atoms with Crippen molar-refractivity contribution in [2.24, 2.45) is 0 Å². The van der Waals surface area contributed by atoms with E-state index < -0.39 is 0 Å². The van der Waals surface area contributed by atoms with Crippen LogP contribution in [-0.2, 0) is 11.2 Å². The first-order chi connectivity index (χ1) is 10.8. The number of benzene rings is 2. The van der Waals surface area contributed by atoms with E-state index in [4.69, 9.17) is 18.9 Å². The second-order valence-electron chi connectivity index (χ2n) is 4.90. The monoisotopic (exact) mass is 300 g/mol. The molecule has 0 fully saturated rings. The van der Waals surface area contributed by atoms with Crippen molar-refractivity contribution in [1.29, 1.82) is 0 Å². The summed E-state index contributed by atoms with van der Waals surface area (Å²) >= 11 is 0. The zero-order valence-corrected chi connectivity index (χ0v) is 12.2. The van der Waals surface area contributed by atoms with E-state index in [0.29, 0.717) is 17.7 Å². The molecule has 3 rings (SSSR count). The average Bonchev–Trinajstić information content (AvgIpc) is 3.01. The van der Waals surface area contributed by atoms with E-state index in [1.54, 1.807) is 19.2 Å². The standard InChI is InChI=1S/C17H16O5/c1-19-10-20-15-4-3-13(9-18)7-14(15)6-12-2-5-16-17(8-12)22-11-21-16/h2-5,7-9H,6,10-11H2,1H3. The van der Waals surface area contributed by atoms with Crippen LogP contribution in [0.1, 0.15) is 21.5 Å². The number of hydrogen-bond donors (Lipinski definition) is 0.